The zero-order valence-electron chi connectivity index (χ0n) is 13.8. The second-order valence-corrected chi connectivity index (χ2v) is 5.90. The number of halogens is 1. The fraction of sp³-hybridized carbons (Fsp3) is 0.588. The van der Waals surface area contributed by atoms with E-state index in [0.717, 1.165) is 25.0 Å². The highest BCUT2D eigenvalue weighted by Crippen LogP contribution is 2.11. The van der Waals surface area contributed by atoms with Crippen molar-refractivity contribution in [3.8, 4) is 5.75 Å². The van der Waals surface area contributed by atoms with Gasteiger partial charge in [-0.1, -0.05) is 31.5 Å². The van der Waals surface area contributed by atoms with Crippen LogP contribution in [0.5, 0.6) is 5.75 Å². The first-order valence-corrected chi connectivity index (χ1v) is 7.72. The van der Waals surface area contributed by atoms with E-state index in [9.17, 15) is 4.79 Å². The molecule has 0 saturated heterocycles. The molecule has 22 heavy (non-hydrogen) atoms. The van der Waals surface area contributed by atoms with Crippen LogP contribution in [-0.2, 0) is 4.79 Å². The van der Waals surface area contributed by atoms with Crippen LogP contribution in [0.4, 0.5) is 0 Å². The summed E-state index contributed by atoms with van der Waals surface area (Å²) in [5.74, 6) is 1.28. The number of nitrogens with one attached hydrogen (secondary N) is 1. The summed E-state index contributed by atoms with van der Waals surface area (Å²) >= 11 is 0. The summed E-state index contributed by atoms with van der Waals surface area (Å²) in [4.78, 5) is 11.7. The van der Waals surface area contributed by atoms with Gasteiger partial charge in [0.1, 0.15) is 5.75 Å². The van der Waals surface area contributed by atoms with Gasteiger partial charge in [-0.15, -0.1) is 12.4 Å². The lowest BCUT2D eigenvalue weighted by molar-refractivity contribution is -0.122. The molecular formula is C17H29ClN2O2. The number of aryl methyl sites for hydroxylation is 1. The number of carbonyl (C=O) groups excluding carboxylic acids is 1. The molecule has 0 heterocycles. The van der Waals surface area contributed by atoms with Gasteiger partial charge in [0.2, 0.25) is 5.91 Å². The molecule has 5 heteroatoms. The molecule has 1 aromatic carbocycles. The molecule has 3 N–H and O–H groups in total. The molecule has 0 aliphatic rings. The number of hydrogen-bond acceptors (Lipinski definition) is 3. The second kappa shape index (κ2) is 11.3. The van der Waals surface area contributed by atoms with E-state index in [4.69, 9.17) is 10.5 Å². The Morgan fingerprint density at radius 3 is 2.45 bits per heavy atom. The predicted octanol–water partition coefficient (Wildman–Crippen LogP) is 3.07. The second-order valence-electron chi connectivity index (χ2n) is 5.90. The molecule has 126 valence electrons. The van der Waals surface area contributed by atoms with Crippen LogP contribution < -0.4 is 15.8 Å². The Labute approximate surface area is 140 Å². The molecule has 0 bridgehead atoms. The Morgan fingerprint density at radius 2 is 1.86 bits per heavy atom. The molecule has 1 atom stereocenters. The smallest absolute Gasteiger partial charge is 0.236 e. The molecule has 0 saturated carbocycles. The summed E-state index contributed by atoms with van der Waals surface area (Å²) in [6.07, 6.45) is 2.53. The lowest BCUT2D eigenvalue weighted by Gasteiger charge is -2.14. The van der Waals surface area contributed by atoms with Crippen molar-refractivity contribution in [3.05, 3.63) is 29.8 Å². The van der Waals surface area contributed by atoms with Crippen LogP contribution in [0.25, 0.3) is 0 Å². The van der Waals surface area contributed by atoms with Crippen molar-refractivity contribution in [2.45, 2.75) is 46.1 Å². The highest BCUT2D eigenvalue weighted by Gasteiger charge is 2.13. The summed E-state index contributed by atoms with van der Waals surface area (Å²) in [6, 6.07) is 7.62. The molecule has 1 rings (SSSR count). The summed E-state index contributed by atoms with van der Waals surface area (Å²) in [7, 11) is 0. The zero-order valence-corrected chi connectivity index (χ0v) is 14.6. The van der Waals surface area contributed by atoms with Crippen LogP contribution in [0.2, 0.25) is 0 Å². The monoisotopic (exact) mass is 328 g/mol. The van der Waals surface area contributed by atoms with Gasteiger partial charge >= 0.3 is 0 Å². The van der Waals surface area contributed by atoms with E-state index in [1.807, 2.05) is 24.3 Å². The van der Waals surface area contributed by atoms with Crippen LogP contribution in [0.15, 0.2) is 24.3 Å². The Morgan fingerprint density at radius 1 is 1.23 bits per heavy atom. The SMILES string of the molecule is Cc1ccc(OCCCCNC(=O)[C@@H](N)CC(C)C)cc1.Cl. The molecule has 4 nitrogen and oxygen atoms in total. The van der Waals surface area contributed by atoms with Gasteiger partial charge in [0.25, 0.3) is 0 Å². The van der Waals surface area contributed by atoms with Crippen LogP contribution in [0.1, 0.15) is 38.7 Å². The molecule has 0 unspecified atom stereocenters. The first kappa shape index (κ1) is 20.7. The number of benzene rings is 1. The van der Waals surface area contributed by atoms with Gasteiger partial charge in [-0.3, -0.25) is 4.79 Å². The predicted molar refractivity (Wildman–Crippen MR) is 93.6 cm³/mol. The number of nitrogens with two attached hydrogens (primary N) is 1. The van der Waals surface area contributed by atoms with Gasteiger partial charge < -0.3 is 15.8 Å². The third kappa shape index (κ3) is 8.90. The molecule has 1 amide bonds. The van der Waals surface area contributed by atoms with Crippen LogP contribution in [0.3, 0.4) is 0 Å². The van der Waals surface area contributed by atoms with Gasteiger partial charge in [-0.2, -0.15) is 0 Å². The van der Waals surface area contributed by atoms with Gasteiger partial charge in [0.15, 0.2) is 0 Å². The standard InChI is InChI=1S/C17H28N2O2.ClH/c1-13(2)12-16(18)17(20)19-10-4-5-11-21-15-8-6-14(3)7-9-15;/h6-9,13,16H,4-5,10-12,18H2,1-3H3,(H,19,20);1H/t16-;/m0./s1. The van der Waals surface area contributed by atoms with Crippen molar-refractivity contribution in [3.63, 3.8) is 0 Å². The number of amides is 1. The van der Waals surface area contributed by atoms with E-state index in [-0.39, 0.29) is 18.3 Å². The lowest BCUT2D eigenvalue weighted by Crippen LogP contribution is -2.41. The largest absolute Gasteiger partial charge is 0.494 e. The highest BCUT2D eigenvalue weighted by molar-refractivity contribution is 5.85. The minimum Gasteiger partial charge on any atom is -0.494 e. The minimum absolute atomic E-state index is 0. The third-order valence-corrected chi connectivity index (χ3v) is 3.22. The summed E-state index contributed by atoms with van der Waals surface area (Å²) < 4.78 is 5.63. The fourth-order valence-corrected chi connectivity index (χ4v) is 2.01. The highest BCUT2D eigenvalue weighted by atomic mass is 35.5. The van der Waals surface area contributed by atoms with Crippen molar-refractivity contribution in [1.29, 1.82) is 0 Å². The molecule has 1 aromatic rings. The Kier molecular flexibility index (Phi) is 10.7. The first-order chi connectivity index (χ1) is 9.99. The Balaban J connectivity index is 0.00000441. The Hall–Kier alpha value is -1.26. The lowest BCUT2D eigenvalue weighted by atomic mass is 10.0. The van der Waals surface area contributed by atoms with Crippen molar-refractivity contribution in [2.75, 3.05) is 13.2 Å². The first-order valence-electron chi connectivity index (χ1n) is 7.72. The van der Waals surface area contributed by atoms with Crippen molar-refractivity contribution < 1.29 is 9.53 Å². The van der Waals surface area contributed by atoms with Crippen LogP contribution >= 0.6 is 12.4 Å². The number of unbranched alkanes of at least 4 members (excludes halogenated alkanes) is 1. The zero-order chi connectivity index (χ0) is 15.7. The third-order valence-electron chi connectivity index (χ3n) is 3.22. The summed E-state index contributed by atoms with van der Waals surface area (Å²) in [5, 5.41) is 2.87. The average molecular weight is 329 g/mol. The molecule has 0 aliphatic carbocycles. The van der Waals surface area contributed by atoms with Crippen LogP contribution in [0, 0.1) is 12.8 Å². The maximum Gasteiger partial charge on any atom is 0.236 e. The van der Waals surface area contributed by atoms with Crippen LogP contribution in [-0.4, -0.2) is 25.1 Å². The number of hydrogen-bond donors (Lipinski definition) is 2. The average Bonchev–Trinajstić information content (AvgIpc) is 2.43. The van der Waals surface area contributed by atoms with E-state index in [1.54, 1.807) is 0 Å². The number of rotatable bonds is 9. The normalized spacial score (nSPS) is 11.7. The maximum absolute atomic E-state index is 11.7. The summed E-state index contributed by atoms with van der Waals surface area (Å²) in [5.41, 5.74) is 7.04. The van der Waals surface area contributed by atoms with Gasteiger partial charge in [-0.05, 0) is 44.2 Å². The van der Waals surface area contributed by atoms with Crippen molar-refractivity contribution in [2.24, 2.45) is 11.7 Å². The van der Waals surface area contributed by atoms with Gasteiger partial charge in [0, 0.05) is 6.54 Å². The quantitative estimate of drug-likeness (QED) is 0.685. The molecule has 0 spiro atoms. The van der Waals surface area contributed by atoms with E-state index < -0.39 is 6.04 Å². The van der Waals surface area contributed by atoms with E-state index in [2.05, 4.69) is 26.1 Å². The molecule has 0 fully saturated rings. The minimum atomic E-state index is -0.395. The molecule has 0 aliphatic heterocycles. The molecule has 0 radical (unpaired) electrons. The maximum atomic E-state index is 11.7. The molecule has 0 aromatic heterocycles. The van der Waals surface area contributed by atoms with E-state index >= 15 is 0 Å². The van der Waals surface area contributed by atoms with Crippen molar-refractivity contribution in [1.82, 2.24) is 5.32 Å². The van der Waals surface area contributed by atoms with E-state index in [0.29, 0.717) is 19.1 Å². The van der Waals surface area contributed by atoms with Crippen molar-refractivity contribution >= 4 is 18.3 Å². The van der Waals surface area contributed by atoms with E-state index in [1.165, 1.54) is 5.56 Å². The van der Waals surface area contributed by atoms with Gasteiger partial charge in [0.05, 0.1) is 12.6 Å². The molecular weight excluding hydrogens is 300 g/mol. The topological polar surface area (TPSA) is 64.3 Å². The fourth-order valence-electron chi connectivity index (χ4n) is 2.01. The Bertz CT molecular complexity index is 421. The number of carbonyl (C=O) groups is 1. The summed E-state index contributed by atoms with van der Waals surface area (Å²) in [6.45, 7) is 7.50. The number of ether oxygens (including phenoxy) is 1. The van der Waals surface area contributed by atoms with Gasteiger partial charge in [-0.25, -0.2) is 0 Å².